The molecule has 4 heterocycles. The van der Waals surface area contributed by atoms with Crippen molar-refractivity contribution in [3.8, 4) is 0 Å². The summed E-state index contributed by atoms with van der Waals surface area (Å²) in [6.07, 6.45) is 2.71. The molecular formula is C23H23FN6O3. The van der Waals surface area contributed by atoms with Crippen LogP contribution in [0.15, 0.2) is 48.8 Å². The molecule has 1 atom stereocenters. The van der Waals surface area contributed by atoms with Gasteiger partial charge in [-0.1, -0.05) is 6.07 Å². The summed E-state index contributed by atoms with van der Waals surface area (Å²) in [7, 11) is 0. The van der Waals surface area contributed by atoms with E-state index in [9.17, 15) is 9.59 Å². The molecule has 0 unspecified atom stereocenters. The van der Waals surface area contributed by atoms with Gasteiger partial charge >= 0.3 is 6.09 Å². The number of nitrogens with zero attached hydrogens (tertiary/aromatic N) is 5. The van der Waals surface area contributed by atoms with Crippen molar-refractivity contribution in [3.63, 3.8) is 0 Å². The van der Waals surface area contributed by atoms with Crippen LogP contribution in [0.4, 0.5) is 20.6 Å². The lowest BCUT2D eigenvalue weighted by molar-refractivity contribution is -0.119. The maximum atomic E-state index is 15.0. The van der Waals surface area contributed by atoms with E-state index in [1.807, 2.05) is 34.0 Å². The lowest BCUT2D eigenvalue weighted by atomic mass is 10.2. The van der Waals surface area contributed by atoms with Crippen molar-refractivity contribution in [3.05, 3.63) is 71.6 Å². The number of nitrogens with one attached hydrogen (secondary N) is 1. The molecule has 33 heavy (non-hydrogen) atoms. The number of halogens is 1. The van der Waals surface area contributed by atoms with E-state index in [0.29, 0.717) is 31.0 Å². The van der Waals surface area contributed by atoms with Gasteiger partial charge in [0.25, 0.3) is 0 Å². The first-order valence-electron chi connectivity index (χ1n) is 10.7. The van der Waals surface area contributed by atoms with Crippen molar-refractivity contribution in [2.45, 2.75) is 32.7 Å². The number of carbonyl (C=O) groups is 2. The highest BCUT2D eigenvalue weighted by atomic mass is 19.1. The number of pyridine rings is 1. The molecule has 9 nitrogen and oxygen atoms in total. The molecular weight excluding hydrogens is 427 g/mol. The molecule has 1 fully saturated rings. The predicted molar refractivity (Wildman–Crippen MR) is 118 cm³/mol. The van der Waals surface area contributed by atoms with E-state index in [1.165, 1.54) is 17.9 Å². The minimum absolute atomic E-state index is 0.199. The van der Waals surface area contributed by atoms with Crippen LogP contribution >= 0.6 is 0 Å². The fourth-order valence-corrected chi connectivity index (χ4v) is 4.14. The standard InChI is InChI=1S/C23H23FN6O3/c1-15(31)26-9-19-13-30(23(32)33-19)18-5-6-22(20(24)8-18)28-10-16-11-29(27-21(16)14-28)12-17-4-2-3-7-25-17/h2-8,11,19H,9-10,12-14H2,1H3,(H,26,31)/t19-/m0/s1. The number of benzene rings is 1. The van der Waals surface area contributed by atoms with Gasteiger partial charge in [-0.2, -0.15) is 5.10 Å². The van der Waals surface area contributed by atoms with E-state index in [-0.39, 0.29) is 19.0 Å². The third-order valence-electron chi connectivity index (χ3n) is 5.71. The fraction of sp³-hybridized carbons (Fsp3) is 0.304. The molecule has 0 radical (unpaired) electrons. The molecule has 1 N–H and O–H groups in total. The number of cyclic esters (lactones) is 1. The van der Waals surface area contributed by atoms with Crippen LogP contribution < -0.4 is 15.1 Å². The van der Waals surface area contributed by atoms with Gasteiger partial charge in [-0.05, 0) is 30.3 Å². The number of rotatable bonds is 6. The smallest absolute Gasteiger partial charge is 0.414 e. The number of anilines is 2. The molecule has 0 aliphatic carbocycles. The number of hydrogen-bond donors (Lipinski definition) is 1. The first kappa shape index (κ1) is 20.9. The average molecular weight is 450 g/mol. The maximum absolute atomic E-state index is 15.0. The summed E-state index contributed by atoms with van der Waals surface area (Å²) in [5.74, 6) is -0.619. The molecule has 3 aromatic rings. The van der Waals surface area contributed by atoms with Crippen LogP contribution in [0, 0.1) is 5.82 Å². The quantitative estimate of drug-likeness (QED) is 0.620. The number of ether oxygens (including phenoxy) is 1. The van der Waals surface area contributed by atoms with Gasteiger partial charge in [-0.3, -0.25) is 19.4 Å². The second-order valence-electron chi connectivity index (χ2n) is 8.16. The summed E-state index contributed by atoms with van der Waals surface area (Å²) >= 11 is 0. The van der Waals surface area contributed by atoms with Gasteiger partial charge in [0.05, 0.1) is 48.9 Å². The van der Waals surface area contributed by atoms with Crippen molar-refractivity contribution >= 4 is 23.4 Å². The molecule has 0 saturated carbocycles. The lowest BCUT2D eigenvalue weighted by Crippen LogP contribution is -2.33. The molecule has 0 bridgehead atoms. The Kier molecular flexibility index (Phi) is 5.41. The SMILES string of the molecule is CC(=O)NC[C@H]1CN(c2ccc(N3Cc4cn(Cc5ccccn5)nc4C3)c(F)c2)C(=O)O1. The van der Waals surface area contributed by atoms with Crippen LogP contribution in [-0.4, -0.2) is 46.0 Å². The van der Waals surface area contributed by atoms with Crippen LogP contribution in [0.5, 0.6) is 0 Å². The van der Waals surface area contributed by atoms with E-state index in [2.05, 4.69) is 15.4 Å². The zero-order valence-corrected chi connectivity index (χ0v) is 18.1. The second-order valence-corrected chi connectivity index (χ2v) is 8.16. The molecule has 2 aliphatic rings. The summed E-state index contributed by atoms with van der Waals surface area (Å²) in [6.45, 7) is 3.52. The van der Waals surface area contributed by atoms with Crippen LogP contribution in [0.3, 0.4) is 0 Å². The average Bonchev–Trinajstić information content (AvgIpc) is 3.46. The third-order valence-corrected chi connectivity index (χ3v) is 5.71. The van der Waals surface area contributed by atoms with Crippen molar-refractivity contribution in [2.24, 2.45) is 0 Å². The monoisotopic (exact) mass is 450 g/mol. The summed E-state index contributed by atoms with van der Waals surface area (Å²) in [5.41, 5.74) is 3.77. The van der Waals surface area contributed by atoms with Gasteiger partial charge in [0, 0.05) is 31.4 Å². The molecule has 2 aromatic heterocycles. The lowest BCUT2D eigenvalue weighted by Gasteiger charge is -2.21. The van der Waals surface area contributed by atoms with Crippen molar-refractivity contribution < 1.29 is 18.7 Å². The van der Waals surface area contributed by atoms with E-state index < -0.39 is 18.0 Å². The Morgan fingerprint density at radius 3 is 2.88 bits per heavy atom. The van der Waals surface area contributed by atoms with Gasteiger partial charge in [-0.15, -0.1) is 0 Å². The van der Waals surface area contributed by atoms with Crippen LogP contribution in [0.1, 0.15) is 23.9 Å². The second kappa shape index (κ2) is 8.53. The summed E-state index contributed by atoms with van der Waals surface area (Å²) in [4.78, 5) is 30.9. The largest absolute Gasteiger partial charge is 0.442 e. The Balaban J connectivity index is 1.24. The molecule has 170 valence electrons. The zero-order valence-electron chi connectivity index (χ0n) is 18.1. The molecule has 2 aliphatic heterocycles. The Labute approximate surface area is 189 Å². The van der Waals surface area contributed by atoms with Crippen LogP contribution in [-0.2, 0) is 29.2 Å². The summed E-state index contributed by atoms with van der Waals surface area (Å²) in [5, 5.41) is 7.26. The highest BCUT2D eigenvalue weighted by molar-refractivity contribution is 5.90. The molecule has 1 aromatic carbocycles. The Hall–Kier alpha value is -3.95. The Bertz CT molecular complexity index is 1170. The van der Waals surface area contributed by atoms with Gasteiger partial charge in [0.15, 0.2) is 0 Å². The molecule has 1 saturated heterocycles. The summed E-state index contributed by atoms with van der Waals surface area (Å²) in [6, 6.07) is 10.5. The van der Waals surface area contributed by atoms with Gasteiger partial charge in [-0.25, -0.2) is 9.18 Å². The highest BCUT2D eigenvalue weighted by Gasteiger charge is 2.33. The highest BCUT2D eigenvalue weighted by Crippen LogP contribution is 2.32. The third kappa shape index (κ3) is 4.36. The predicted octanol–water partition coefficient (Wildman–Crippen LogP) is 2.45. The Morgan fingerprint density at radius 1 is 1.27 bits per heavy atom. The van der Waals surface area contributed by atoms with Gasteiger partial charge in [0.2, 0.25) is 5.91 Å². The fourth-order valence-electron chi connectivity index (χ4n) is 4.14. The molecule has 0 spiro atoms. The van der Waals surface area contributed by atoms with E-state index in [1.54, 1.807) is 18.3 Å². The maximum Gasteiger partial charge on any atom is 0.414 e. The molecule has 10 heteroatoms. The van der Waals surface area contributed by atoms with Crippen molar-refractivity contribution in [1.29, 1.82) is 0 Å². The van der Waals surface area contributed by atoms with E-state index in [4.69, 9.17) is 4.74 Å². The molecule has 5 rings (SSSR count). The zero-order chi connectivity index (χ0) is 22.9. The van der Waals surface area contributed by atoms with Gasteiger partial charge in [0.1, 0.15) is 11.9 Å². The van der Waals surface area contributed by atoms with Crippen molar-refractivity contribution in [1.82, 2.24) is 20.1 Å². The molecule has 2 amide bonds. The minimum Gasteiger partial charge on any atom is -0.442 e. The number of hydrogen-bond acceptors (Lipinski definition) is 6. The van der Waals surface area contributed by atoms with E-state index in [0.717, 1.165) is 17.0 Å². The topological polar surface area (TPSA) is 92.6 Å². The number of carbonyl (C=O) groups excluding carboxylic acids is 2. The van der Waals surface area contributed by atoms with Crippen LogP contribution in [0.25, 0.3) is 0 Å². The first-order valence-corrected chi connectivity index (χ1v) is 10.7. The minimum atomic E-state index is -0.555. The number of amides is 2. The summed E-state index contributed by atoms with van der Waals surface area (Å²) < 4.78 is 22.1. The van der Waals surface area contributed by atoms with Crippen LogP contribution in [0.2, 0.25) is 0 Å². The number of aromatic nitrogens is 3. The normalized spacial score (nSPS) is 17.3. The van der Waals surface area contributed by atoms with E-state index >= 15 is 4.39 Å². The van der Waals surface area contributed by atoms with Crippen molar-refractivity contribution in [2.75, 3.05) is 22.9 Å². The number of fused-ring (bicyclic) bond motifs is 1. The van der Waals surface area contributed by atoms with Gasteiger partial charge < -0.3 is 15.0 Å². The first-order chi connectivity index (χ1) is 16.0. The Morgan fingerprint density at radius 2 is 2.15 bits per heavy atom.